The maximum Gasteiger partial charge on any atom is 0.295 e. The van der Waals surface area contributed by atoms with Crippen molar-refractivity contribution in [2.45, 2.75) is 6.04 Å². The number of methoxy groups -OCH3 is 3. The van der Waals surface area contributed by atoms with E-state index in [9.17, 15) is 14.7 Å². The Kier molecular flexibility index (Phi) is 5.26. The maximum atomic E-state index is 12.7. The van der Waals surface area contributed by atoms with Gasteiger partial charge in [0.15, 0.2) is 0 Å². The molecule has 0 aromatic heterocycles. The molecule has 0 spiro atoms. The Morgan fingerprint density at radius 3 is 2.11 bits per heavy atom. The molecular weight excluding hydrogens is 362 g/mol. The molecule has 146 valence electrons. The van der Waals surface area contributed by atoms with Crippen LogP contribution in [0.5, 0.6) is 17.2 Å². The third kappa shape index (κ3) is 3.15. The monoisotopic (exact) mass is 383 g/mol. The highest BCUT2D eigenvalue weighted by Crippen LogP contribution is 2.42. The smallest absolute Gasteiger partial charge is 0.295 e. The van der Waals surface area contributed by atoms with Crippen molar-refractivity contribution in [3.8, 4) is 17.2 Å². The number of rotatable bonds is 5. The van der Waals surface area contributed by atoms with Gasteiger partial charge >= 0.3 is 0 Å². The highest BCUT2D eigenvalue weighted by atomic mass is 16.5. The fraction of sp³-hybridized carbons (Fsp3) is 0.238. The molecule has 0 radical (unpaired) electrons. The molecule has 1 heterocycles. The fourth-order valence-electron chi connectivity index (χ4n) is 3.26. The number of amides is 1. The van der Waals surface area contributed by atoms with Crippen LogP contribution >= 0.6 is 0 Å². The molecule has 2 aromatic rings. The van der Waals surface area contributed by atoms with Crippen molar-refractivity contribution in [3.63, 3.8) is 0 Å². The summed E-state index contributed by atoms with van der Waals surface area (Å²) in [5.74, 6) is -0.0757. The summed E-state index contributed by atoms with van der Waals surface area (Å²) in [4.78, 5) is 26.4. The molecule has 7 heteroatoms. The molecule has 1 N–H and O–H groups in total. The summed E-state index contributed by atoms with van der Waals surface area (Å²) in [6.45, 7) is 0. The minimum absolute atomic E-state index is 0.00105. The van der Waals surface area contributed by atoms with E-state index >= 15 is 0 Å². The number of ether oxygens (including phenoxy) is 3. The zero-order valence-electron chi connectivity index (χ0n) is 16.1. The Hall–Kier alpha value is -3.48. The van der Waals surface area contributed by atoms with Crippen molar-refractivity contribution in [2.75, 3.05) is 28.4 Å². The highest BCUT2D eigenvalue weighted by molar-refractivity contribution is 6.46. The zero-order valence-corrected chi connectivity index (χ0v) is 16.1. The van der Waals surface area contributed by atoms with Gasteiger partial charge in [-0.15, -0.1) is 0 Å². The van der Waals surface area contributed by atoms with Crippen molar-refractivity contribution in [3.05, 3.63) is 59.2 Å². The van der Waals surface area contributed by atoms with Crippen molar-refractivity contribution in [1.82, 2.24) is 4.90 Å². The van der Waals surface area contributed by atoms with Crippen molar-refractivity contribution in [1.29, 1.82) is 0 Å². The van der Waals surface area contributed by atoms with E-state index in [0.29, 0.717) is 28.4 Å². The van der Waals surface area contributed by atoms with Crippen molar-refractivity contribution < 1.29 is 28.9 Å². The molecule has 1 atom stereocenters. The fourth-order valence-corrected chi connectivity index (χ4v) is 3.26. The van der Waals surface area contributed by atoms with Gasteiger partial charge in [-0.25, -0.2) is 0 Å². The van der Waals surface area contributed by atoms with Crippen LogP contribution in [0, 0.1) is 0 Å². The minimum atomic E-state index is -0.789. The van der Waals surface area contributed by atoms with Crippen LogP contribution < -0.4 is 14.2 Å². The second kappa shape index (κ2) is 7.64. The van der Waals surface area contributed by atoms with Gasteiger partial charge in [-0.3, -0.25) is 9.59 Å². The molecule has 1 aliphatic rings. The quantitative estimate of drug-likeness (QED) is 0.485. The number of ketones is 1. The number of carbonyl (C=O) groups excluding carboxylic acids is 2. The molecular formula is C21H21NO6. The van der Waals surface area contributed by atoms with Crippen LogP contribution in [0.3, 0.4) is 0 Å². The second-order valence-corrected chi connectivity index (χ2v) is 6.25. The molecule has 0 saturated carbocycles. The molecule has 0 bridgehead atoms. The lowest BCUT2D eigenvalue weighted by Crippen LogP contribution is -2.25. The van der Waals surface area contributed by atoms with Gasteiger partial charge < -0.3 is 24.2 Å². The number of hydrogen-bond donors (Lipinski definition) is 1. The van der Waals surface area contributed by atoms with E-state index in [0.717, 1.165) is 0 Å². The normalized spacial score (nSPS) is 18.3. The summed E-state index contributed by atoms with van der Waals surface area (Å²) in [7, 11) is 6.07. The lowest BCUT2D eigenvalue weighted by molar-refractivity contribution is -0.139. The van der Waals surface area contributed by atoms with Gasteiger partial charge in [-0.2, -0.15) is 0 Å². The minimum Gasteiger partial charge on any atom is -0.507 e. The van der Waals surface area contributed by atoms with Crippen LogP contribution in [-0.2, 0) is 9.59 Å². The molecule has 1 unspecified atom stereocenters. The number of nitrogens with zero attached hydrogens (tertiary/aromatic N) is 1. The van der Waals surface area contributed by atoms with Crippen LogP contribution in [0.1, 0.15) is 17.2 Å². The first kappa shape index (κ1) is 19.3. The van der Waals surface area contributed by atoms with Gasteiger partial charge in [0.05, 0.1) is 32.9 Å². The van der Waals surface area contributed by atoms with E-state index in [1.807, 2.05) is 0 Å². The van der Waals surface area contributed by atoms with E-state index in [1.54, 1.807) is 42.5 Å². The van der Waals surface area contributed by atoms with Gasteiger partial charge in [-0.05, 0) is 36.4 Å². The van der Waals surface area contributed by atoms with E-state index in [1.165, 1.54) is 33.3 Å². The van der Waals surface area contributed by atoms with Crippen LogP contribution in [0.4, 0.5) is 0 Å². The number of aliphatic hydroxyl groups is 1. The largest absolute Gasteiger partial charge is 0.507 e. The Morgan fingerprint density at radius 2 is 1.54 bits per heavy atom. The van der Waals surface area contributed by atoms with Crippen LogP contribution in [-0.4, -0.2) is 50.1 Å². The van der Waals surface area contributed by atoms with E-state index in [-0.39, 0.29) is 11.3 Å². The highest BCUT2D eigenvalue weighted by Gasteiger charge is 2.45. The SMILES string of the molecule is COc1ccc(/C(O)=C2\C(=O)C(=O)N(C)C2c2ccc(OC)cc2OC)cc1. The number of likely N-dealkylation sites (N-methyl/N-ethyl adjacent to an activating group) is 1. The number of hydrogen-bond acceptors (Lipinski definition) is 6. The number of Topliss-reactive ketones (excluding diaryl/α,β-unsaturated/α-hetero) is 1. The van der Waals surface area contributed by atoms with Gasteiger partial charge in [0.2, 0.25) is 0 Å². The molecule has 0 aliphatic carbocycles. The molecule has 1 fully saturated rings. The Balaban J connectivity index is 2.17. The van der Waals surface area contributed by atoms with Gasteiger partial charge in [-0.1, -0.05) is 0 Å². The molecule has 28 heavy (non-hydrogen) atoms. The first-order valence-electron chi connectivity index (χ1n) is 8.53. The van der Waals surface area contributed by atoms with Gasteiger partial charge in [0.25, 0.3) is 11.7 Å². The van der Waals surface area contributed by atoms with Crippen molar-refractivity contribution in [2.24, 2.45) is 0 Å². The summed E-state index contributed by atoms with van der Waals surface area (Å²) < 4.78 is 15.8. The first-order valence-corrected chi connectivity index (χ1v) is 8.53. The van der Waals surface area contributed by atoms with Gasteiger partial charge in [0.1, 0.15) is 23.0 Å². The number of aliphatic hydroxyl groups excluding tert-OH is 1. The molecule has 1 saturated heterocycles. The summed E-state index contributed by atoms with van der Waals surface area (Å²) in [5.41, 5.74) is 0.978. The average Bonchev–Trinajstić information content (AvgIpc) is 2.96. The summed E-state index contributed by atoms with van der Waals surface area (Å²) in [5, 5.41) is 10.9. The predicted octanol–water partition coefficient (Wildman–Crippen LogP) is 2.76. The Labute approximate surface area is 162 Å². The topological polar surface area (TPSA) is 85.3 Å². The molecule has 1 amide bonds. The zero-order chi connectivity index (χ0) is 20.4. The second-order valence-electron chi connectivity index (χ2n) is 6.25. The first-order chi connectivity index (χ1) is 13.4. The third-order valence-corrected chi connectivity index (χ3v) is 4.77. The van der Waals surface area contributed by atoms with Crippen LogP contribution in [0.25, 0.3) is 5.76 Å². The summed E-state index contributed by atoms with van der Waals surface area (Å²) in [6.07, 6.45) is 0. The standard InChI is InChI=1S/C21H21NO6/c1-22-18(15-10-9-14(27-3)11-16(15)28-4)17(20(24)21(22)25)19(23)12-5-7-13(26-2)8-6-12/h5-11,18,23H,1-4H3/b19-17+. The molecule has 2 aromatic carbocycles. The lowest BCUT2D eigenvalue weighted by Gasteiger charge is -2.23. The maximum absolute atomic E-state index is 12.7. The van der Waals surface area contributed by atoms with Crippen LogP contribution in [0.2, 0.25) is 0 Å². The number of benzene rings is 2. The van der Waals surface area contributed by atoms with Crippen molar-refractivity contribution >= 4 is 17.4 Å². The molecule has 1 aliphatic heterocycles. The summed E-state index contributed by atoms with van der Waals surface area (Å²) >= 11 is 0. The lowest BCUT2D eigenvalue weighted by atomic mass is 9.94. The number of likely N-dealkylation sites (tertiary alicyclic amines) is 1. The van der Waals surface area contributed by atoms with Crippen LogP contribution in [0.15, 0.2) is 48.0 Å². The molecule has 3 rings (SSSR count). The Bertz CT molecular complexity index is 948. The number of carbonyl (C=O) groups is 2. The summed E-state index contributed by atoms with van der Waals surface area (Å²) in [6, 6.07) is 10.9. The van der Waals surface area contributed by atoms with Gasteiger partial charge in [0, 0.05) is 24.2 Å². The van der Waals surface area contributed by atoms with E-state index in [4.69, 9.17) is 14.2 Å². The molecule has 7 nitrogen and oxygen atoms in total. The predicted molar refractivity (Wildman–Crippen MR) is 103 cm³/mol. The average molecular weight is 383 g/mol. The Morgan fingerprint density at radius 1 is 0.929 bits per heavy atom. The van der Waals surface area contributed by atoms with E-state index < -0.39 is 17.7 Å². The third-order valence-electron chi connectivity index (χ3n) is 4.77. The van der Waals surface area contributed by atoms with E-state index in [2.05, 4.69) is 0 Å².